The maximum absolute atomic E-state index is 3.68. The number of fused-ring (bicyclic) bond motifs is 1. The summed E-state index contributed by atoms with van der Waals surface area (Å²) in [5, 5.41) is 7.17. The normalized spacial score (nSPS) is 28.6. The largest absolute Gasteiger partial charge is 0.384 e. The first-order chi connectivity index (χ1) is 8.17. The van der Waals surface area contributed by atoms with Gasteiger partial charge in [0.2, 0.25) is 0 Å². The zero-order chi connectivity index (χ0) is 11.9. The maximum atomic E-state index is 3.68. The van der Waals surface area contributed by atoms with E-state index in [9.17, 15) is 0 Å². The highest BCUT2D eigenvalue weighted by Gasteiger charge is 2.44. The molecule has 1 heterocycles. The molecule has 1 fully saturated rings. The third kappa shape index (κ3) is 2.19. The number of hydrogen-bond acceptors (Lipinski definition) is 2. The van der Waals surface area contributed by atoms with Crippen LogP contribution in [0.1, 0.15) is 38.2 Å². The van der Waals surface area contributed by atoms with Crippen LogP contribution in [0.25, 0.3) is 0 Å². The molecule has 92 valence electrons. The van der Waals surface area contributed by atoms with Crippen LogP contribution < -0.4 is 10.6 Å². The van der Waals surface area contributed by atoms with Gasteiger partial charge in [-0.1, -0.05) is 32.0 Å². The van der Waals surface area contributed by atoms with Gasteiger partial charge in [0.25, 0.3) is 0 Å². The first kappa shape index (κ1) is 11.1. The van der Waals surface area contributed by atoms with Crippen molar-refractivity contribution >= 4 is 5.69 Å². The number of para-hydroxylation sites is 1. The van der Waals surface area contributed by atoms with Gasteiger partial charge in [-0.25, -0.2) is 0 Å². The fourth-order valence-corrected chi connectivity index (χ4v) is 2.86. The Balaban J connectivity index is 1.51. The minimum absolute atomic E-state index is 0.547. The highest BCUT2D eigenvalue weighted by molar-refractivity contribution is 5.57. The van der Waals surface area contributed by atoms with E-state index in [1.807, 2.05) is 0 Å². The molecule has 1 saturated carbocycles. The fourth-order valence-electron chi connectivity index (χ4n) is 2.86. The molecule has 2 aliphatic rings. The summed E-state index contributed by atoms with van der Waals surface area (Å²) in [6.07, 6.45) is 2.59. The highest BCUT2D eigenvalue weighted by Crippen LogP contribution is 2.44. The van der Waals surface area contributed by atoms with Crippen LogP contribution in [-0.4, -0.2) is 19.1 Å². The lowest BCUT2D eigenvalue weighted by molar-refractivity contribution is 0.519. The monoisotopic (exact) mass is 230 g/mol. The van der Waals surface area contributed by atoms with Gasteiger partial charge in [0.05, 0.1) is 0 Å². The number of hydrogen-bond donors (Lipinski definition) is 2. The molecule has 2 N–H and O–H groups in total. The Bertz CT molecular complexity index is 411. The maximum Gasteiger partial charge on any atom is 0.0376 e. The smallest absolute Gasteiger partial charge is 0.0376 e. The van der Waals surface area contributed by atoms with Gasteiger partial charge in [0, 0.05) is 24.2 Å². The molecule has 0 bridgehead atoms. The van der Waals surface area contributed by atoms with Gasteiger partial charge >= 0.3 is 0 Å². The molecule has 0 spiro atoms. The van der Waals surface area contributed by atoms with Gasteiger partial charge in [-0.15, -0.1) is 0 Å². The Kier molecular flexibility index (Phi) is 2.62. The van der Waals surface area contributed by atoms with E-state index in [1.54, 1.807) is 0 Å². The third-order valence-corrected chi connectivity index (χ3v) is 4.34. The van der Waals surface area contributed by atoms with E-state index >= 15 is 0 Å². The minimum Gasteiger partial charge on any atom is -0.384 e. The Morgan fingerprint density at radius 2 is 2.12 bits per heavy atom. The van der Waals surface area contributed by atoms with Crippen molar-refractivity contribution in [2.45, 2.75) is 38.6 Å². The summed E-state index contributed by atoms with van der Waals surface area (Å²) < 4.78 is 0. The van der Waals surface area contributed by atoms with E-state index in [1.165, 1.54) is 24.1 Å². The van der Waals surface area contributed by atoms with E-state index in [4.69, 9.17) is 0 Å². The van der Waals surface area contributed by atoms with Crippen molar-refractivity contribution in [2.75, 3.05) is 18.4 Å². The summed E-state index contributed by atoms with van der Waals surface area (Å²) in [4.78, 5) is 0. The van der Waals surface area contributed by atoms with Gasteiger partial charge in [-0.3, -0.25) is 0 Å². The number of rotatable bonds is 4. The summed E-state index contributed by atoms with van der Waals surface area (Å²) >= 11 is 0. The van der Waals surface area contributed by atoms with Crippen molar-refractivity contribution in [2.24, 2.45) is 5.41 Å². The molecule has 1 aromatic carbocycles. The molecule has 0 aromatic heterocycles. The number of anilines is 1. The van der Waals surface area contributed by atoms with Gasteiger partial charge in [-0.2, -0.15) is 0 Å². The van der Waals surface area contributed by atoms with E-state index in [0.29, 0.717) is 11.3 Å². The molecule has 17 heavy (non-hydrogen) atoms. The van der Waals surface area contributed by atoms with E-state index in [-0.39, 0.29) is 0 Å². The molecule has 1 aromatic rings. The molecule has 1 aliphatic carbocycles. The first-order valence-corrected chi connectivity index (χ1v) is 6.73. The second kappa shape index (κ2) is 4.02. The standard InChI is InChI=1S/C15H22N2/c1-15(2)9-14(15)16-8-7-11-10-17-13-6-4-3-5-12(11)13/h3-6,11,14,16-17H,7-10H2,1-2H3. The SMILES string of the molecule is CC1(C)CC1NCCC1CNc2ccccc21. The van der Waals surface area contributed by atoms with Crippen molar-refractivity contribution in [3.63, 3.8) is 0 Å². The van der Waals surface area contributed by atoms with Crippen LogP contribution in [0.2, 0.25) is 0 Å². The second-order valence-electron chi connectivity index (χ2n) is 6.15. The Labute approximate surface area is 104 Å². The zero-order valence-corrected chi connectivity index (χ0v) is 10.8. The summed E-state index contributed by atoms with van der Waals surface area (Å²) in [5.74, 6) is 0.695. The minimum atomic E-state index is 0.547. The summed E-state index contributed by atoms with van der Waals surface area (Å²) in [5.41, 5.74) is 3.39. The molecule has 3 rings (SSSR count). The van der Waals surface area contributed by atoms with Crippen molar-refractivity contribution in [1.82, 2.24) is 5.32 Å². The van der Waals surface area contributed by atoms with Crippen LogP contribution in [0.3, 0.4) is 0 Å². The van der Waals surface area contributed by atoms with Crippen LogP contribution in [0.5, 0.6) is 0 Å². The summed E-state index contributed by atoms with van der Waals surface area (Å²) in [6.45, 7) is 6.94. The van der Waals surface area contributed by atoms with E-state index in [2.05, 4.69) is 48.7 Å². The van der Waals surface area contributed by atoms with Gasteiger partial charge in [-0.05, 0) is 36.4 Å². The molecule has 0 amide bonds. The molecule has 2 nitrogen and oxygen atoms in total. The lowest BCUT2D eigenvalue weighted by Crippen LogP contribution is -2.23. The van der Waals surface area contributed by atoms with Crippen molar-refractivity contribution < 1.29 is 0 Å². The Morgan fingerprint density at radius 1 is 1.35 bits per heavy atom. The predicted octanol–water partition coefficient (Wildman–Crippen LogP) is 2.97. The molecular formula is C15H22N2. The zero-order valence-electron chi connectivity index (χ0n) is 10.8. The molecule has 1 aliphatic heterocycles. The summed E-state index contributed by atoms with van der Waals surface area (Å²) in [6, 6.07) is 9.47. The lowest BCUT2D eigenvalue weighted by atomic mass is 9.98. The van der Waals surface area contributed by atoms with E-state index < -0.39 is 0 Å². The average Bonchev–Trinajstić information content (AvgIpc) is 2.74. The fraction of sp³-hybridized carbons (Fsp3) is 0.600. The van der Waals surface area contributed by atoms with Crippen LogP contribution in [-0.2, 0) is 0 Å². The van der Waals surface area contributed by atoms with Crippen LogP contribution in [0.15, 0.2) is 24.3 Å². The third-order valence-electron chi connectivity index (χ3n) is 4.34. The molecule has 0 saturated heterocycles. The lowest BCUT2D eigenvalue weighted by Gasteiger charge is -2.11. The molecule has 2 heteroatoms. The van der Waals surface area contributed by atoms with Crippen molar-refractivity contribution in [3.05, 3.63) is 29.8 Å². The van der Waals surface area contributed by atoms with Crippen LogP contribution >= 0.6 is 0 Å². The molecule has 0 radical (unpaired) electrons. The molecular weight excluding hydrogens is 208 g/mol. The van der Waals surface area contributed by atoms with Gasteiger partial charge in [0.1, 0.15) is 0 Å². The molecule has 2 unspecified atom stereocenters. The van der Waals surface area contributed by atoms with Crippen LogP contribution in [0.4, 0.5) is 5.69 Å². The van der Waals surface area contributed by atoms with Gasteiger partial charge in [0.15, 0.2) is 0 Å². The number of nitrogens with one attached hydrogen (secondary N) is 2. The van der Waals surface area contributed by atoms with Gasteiger partial charge < -0.3 is 10.6 Å². The first-order valence-electron chi connectivity index (χ1n) is 6.73. The predicted molar refractivity (Wildman–Crippen MR) is 72.5 cm³/mol. The van der Waals surface area contributed by atoms with Crippen molar-refractivity contribution in [3.8, 4) is 0 Å². The molecule has 2 atom stereocenters. The van der Waals surface area contributed by atoms with Crippen LogP contribution in [0, 0.1) is 5.41 Å². The highest BCUT2D eigenvalue weighted by atomic mass is 15.0. The topological polar surface area (TPSA) is 24.1 Å². The average molecular weight is 230 g/mol. The quantitative estimate of drug-likeness (QED) is 0.831. The second-order valence-corrected chi connectivity index (χ2v) is 6.15. The Morgan fingerprint density at radius 3 is 2.88 bits per heavy atom. The van der Waals surface area contributed by atoms with E-state index in [0.717, 1.165) is 19.1 Å². The Hall–Kier alpha value is -1.02. The number of benzene rings is 1. The van der Waals surface area contributed by atoms with Crippen molar-refractivity contribution in [1.29, 1.82) is 0 Å². The summed E-state index contributed by atoms with van der Waals surface area (Å²) in [7, 11) is 0.